The largest absolute Gasteiger partial charge is 0.383 e. The summed E-state index contributed by atoms with van der Waals surface area (Å²) in [6.45, 7) is 3.76. The van der Waals surface area contributed by atoms with Gasteiger partial charge in [-0.1, -0.05) is 19.4 Å². The molecule has 2 aromatic rings. The number of unbranched alkanes of at least 4 members (excludes halogenated alkanes) is 1. The molecule has 4 N–H and O–H groups in total. The highest BCUT2D eigenvalue weighted by Gasteiger charge is 2.18. The van der Waals surface area contributed by atoms with E-state index in [1.807, 2.05) is 6.92 Å². The van der Waals surface area contributed by atoms with Crippen molar-refractivity contribution >= 4 is 23.1 Å². The van der Waals surface area contributed by atoms with Gasteiger partial charge in [-0.3, -0.25) is 19.1 Å². The smallest absolute Gasteiger partial charge is 0.330 e. The van der Waals surface area contributed by atoms with E-state index in [9.17, 15) is 18.8 Å². The number of carbonyl (C=O) groups excluding carboxylic acids is 1. The van der Waals surface area contributed by atoms with Crippen LogP contribution >= 0.6 is 0 Å². The Morgan fingerprint density at radius 3 is 2.70 bits per heavy atom. The van der Waals surface area contributed by atoms with Crippen molar-refractivity contribution in [1.29, 1.82) is 0 Å². The number of nitrogens with one attached hydrogen (secondary N) is 2. The molecule has 27 heavy (non-hydrogen) atoms. The molecule has 1 amide bonds. The standard InChI is InChI=1S/C18H24FN5O3/c1-4-5-8-24-16(20)15(17(26)22-18(24)27)23(3)10-14(25)21-12-7-6-11(2)13(19)9-12/h6-7,9H,4-5,8,10,20H2,1-3H3,(H,21,25)(H,22,26,27). The molecular weight excluding hydrogens is 353 g/mol. The Hall–Kier alpha value is -3.10. The average Bonchev–Trinajstić information content (AvgIpc) is 2.57. The van der Waals surface area contributed by atoms with Crippen LogP contribution in [0, 0.1) is 12.7 Å². The topological polar surface area (TPSA) is 113 Å². The molecule has 146 valence electrons. The van der Waals surface area contributed by atoms with Gasteiger partial charge in [0.15, 0.2) is 0 Å². The van der Waals surface area contributed by atoms with Crippen molar-refractivity contribution < 1.29 is 9.18 Å². The Labute approximate surface area is 155 Å². The number of aromatic nitrogens is 2. The van der Waals surface area contributed by atoms with Gasteiger partial charge >= 0.3 is 5.69 Å². The van der Waals surface area contributed by atoms with Crippen molar-refractivity contribution in [3.8, 4) is 0 Å². The van der Waals surface area contributed by atoms with E-state index in [0.29, 0.717) is 17.8 Å². The lowest BCUT2D eigenvalue weighted by atomic mass is 10.2. The first-order valence-corrected chi connectivity index (χ1v) is 8.64. The summed E-state index contributed by atoms with van der Waals surface area (Å²) in [6, 6.07) is 4.36. The minimum absolute atomic E-state index is 0.00822. The van der Waals surface area contributed by atoms with E-state index in [1.54, 1.807) is 19.1 Å². The number of carbonyl (C=O) groups is 1. The number of hydrogen-bond donors (Lipinski definition) is 3. The number of aromatic amines is 1. The van der Waals surface area contributed by atoms with E-state index in [0.717, 1.165) is 12.8 Å². The Balaban J connectivity index is 2.20. The summed E-state index contributed by atoms with van der Waals surface area (Å²) in [4.78, 5) is 40.0. The number of nitrogen functional groups attached to an aromatic ring is 1. The number of H-pyrrole nitrogens is 1. The van der Waals surface area contributed by atoms with Gasteiger partial charge in [-0.25, -0.2) is 9.18 Å². The van der Waals surface area contributed by atoms with E-state index >= 15 is 0 Å². The summed E-state index contributed by atoms with van der Waals surface area (Å²) in [6.07, 6.45) is 1.57. The highest BCUT2D eigenvalue weighted by atomic mass is 19.1. The van der Waals surface area contributed by atoms with Gasteiger partial charge in [-0.15, -0.1) is 0 Å². The van der Waals surface area contributed by atoms with Gasteiger partial charge < -0.3 is 16.0 Å². The second-order valence-electron chi connectivity index (χ2n) is 6.37. The number of likely N-dealkylation sites (N-methyl/N-ethyl adjacent to an activating group) is 1. The van der Waals surface area contributed by atoms with Gasteiger partial charge in [0.1, 0.15) is 17.3 Å². The molecule has 0 aliphatic rings. The van der Waals surface area contributed by atoms with Crippen LogP contribution < -0.4 is 27.2 Å². The monoisotopic (exact) mass is 377 g/mol. The summed E-state index contributed by atoms with van der Waals surface area (Å²) < 4.78 is 14.9. The fourth-order valence-corrected chi connectivity index (χ4v) is 2.65. The maximum atomic E-state index is 13.6. The Morgan fingerprint density at radius 1 is 1.37 bits per heavy atom. The van der Waals surface area contributed by atoms with Gasteiger partial charge in [-0.2, -0.15) is 0 Å². The molecule has 0 saturated heterocycles. The molecule has 0 unspecified atom stereocenters. The van der Waals surface area contributed by atoms with E-state index in [-0.39, 0.29) is 18.1 Å². The number of amides is 1. The number of benzene rings is 1. The van der Waals surface area contributed by atoms with Crippen molar-refractivity contribution in [2.75, 3.05) is 29.5 Å². The lowest BCUT2D eigenvalue weighted by Gasteiger charge is -2.21. The van der Waals surface area contributed by atoms with Gasteiger partial charge in [0, 0.05) is 19.3 Å². The number of hydrogen-bond acceptors (Lipinski definition) is 5. The van der Waals surface area contributed by atoms with Gasteiger partial charge in [0.05, 0.1) is 6.54 Å². The average molecular weight is 377 g/mol. The molecule has 0 bridgehead atoms. The summed E-state index contributed by atoms with van der Waals surface area (Å²) in [5.74, 6) is -0.871. The molecule has 1 aromatic heterocycles. The lowest BCUT2D eigenvalue weighted by Crippen LogP contribution is -2.39. The fourth-order valence-electron chi connectivity index (χ4n) is 2.65. The fraction of sp³-hybridized carbons (Fsp3) is 0.389. The van der Waals surface area contributed by atoms with Crippen LogP contribution in [-0.2, 0) is 11.3 Å². The molecule has 2 rings (SSSR count). The zero-order valence-electron chi connectivity index (χ0n) is 15.6. The molecule has 1 aromatic carbocycles. The Kier molecular flexibility index (Phi) is 6.38. The molecule has 0 atom stereocenters. The van der Waals surface area contributed by atoms with E-state index < -0.39 is 23.0 Å². The molecular formula is C18H24FN5O3. The third-order valence-electron chi connectivity index (χ3n) is 4.17. The molecule has 0 aliphatic heterocycles. The van der Waals surface area contributed by atoms with Crippen molar-refractivity contribution in [2.24, 2.45) is 0 Å². The van der Waals surface area contributed by atoms with Crippen LogP contribution in [-0.4, -0.2) is 29.1 Å². The number of anilines is 3. The van der Waals surface area contributed by atoms with E-state index in [2.05, 4.69) is 10.3 Å². The van der Waals surface area contributed by atoms with Crippen LogP contribution in [0.5, 0.6) is 0 Å². The highest BCUT2D eigenvalue weighted by Crippen LogP contribution is 2.16. The predicted molar refractivity (Wildman–Crippen MR) is 104 cm³/mol. The van der Waals surface area contributed by atoms with Crippen molar-refractivity contribution in [2.45, 2.75) is 33.2 Å². The zero-order valence-corrected chi connectivity index (χ0v) is 15.6. The minimum atomic E-state index is -0.665. The van der Waals surface area contributed by atoms with Crippen molar-refractivity contribution in [1.82, 2.24) is 9.55 Å². The SMILES string of the molecule is CCCCn1c(N)c(N(C)CC(=O)Nc2ccc(C)c(F)c2)c(=O)[nH]c1=O. The quantitative estimate of drug-likeness (QED) is 0.676. The first-order chi connectivity index (χ1) is 12.7. The van der Waals surface area contributed by atoms with Crippen LogP contribution in [0.15, 0.2) is 27.8 Å². The number of aryl methyl sites for hydroxylation is 1. The first kappa shape index (κ1) is 20.2. The summed E-state index contributed by atoms with van der Waals surface area (Å²) in [5, 5.41) is 2.57. The molecule has 9 heteroatoms. The van der Waals surface area contributed by atoms with Crippen molar-refractivity contribution in [3.05, 3.63) is 50.4 Å². The third-order valence-corrected chi connectivity index (χ3v) is 4.17. The molecule has 0 spiro atoms. The minimum Gasteiger partial charge on any atom is -0.383 e. The Morgan fingerprint density at radius 2 is 2.07 bits per heavy atom. The molecule has 0 radical (unpaired) electrons. The Bertz CT molecular complexity index is 951. The number of halogens is 1. The van der Waals surface area contributed by atoms with Crippen LogP contribution in [0.3, 0.4) is 0 Å². The normalized spacial score (nSPS) is 10.7. The van der Waals surface area contributed by atoms with Gasteiger partial charge in [-0.05, 0) is 31.0 Å². The predicted octanol–water partition coefficient (Wildman–Crippen LogP) is 1.44. The van der Waals surface area contributed by atoms with Crippen LogP contribution in [0.1, 0.15) is 25.3 Å². The van der Waals surface area contributed by atoms with Gasteiger partial charge in [0.2, 0.25) is 5.91 Å². The van der Waals surface area contributed by atoms with E-state index in [1.165, 1.54) is 22.6 Å². The number of nitrogens with two attached hydrogens (primary N) is 1. The second kappa shape index (κ2) is 8.52. The molecule has 0 saturated carbocycles. The van der Waals surface area contributed by atoms with Crippen LogP contribution in [0.2, 0.25) is 0 Å². The van der Waals surface area contributed by atoms with Crippen molar-refractivity contribution in [3.63, 3.8) is 0 Å². The molecule has 0 aliphatic carbocycles. The van der Waals surface area contributed by atoms with Crippen LogP contribution in [0.4, 0.5) is 21.6 Å². The first-order valence-electron chi connectivity index (χ1n) is 8.64. The van der Waals surface area contributed by atoms with Gasteiger partial charge in [0.25, 0.3) is 5.56 Å². The molecule has 1 heterocycles. The lowest BCUT2D eigenvalue weighted by molar-refractivity contribution is -0.114. The maximum Gasteiger partial charge on any atom is 0.330 e. The van der Waals surface area contributed by atoms with E-state index in [4.69, 9.17) is 5.73 Å². The van der Waals surface area contributed by atoms with Crippen LogP contribution in [0.25, 0.3) is 0 Å². The number of rotatable bonds is 7. The number of nitrogens with zero attached hydrogens (tertiary/aromatic N) is 2. The maximum absolute atomic E-state index is 13.6. The summed E-state index contributed by atoms with van der Waals surface area (Å²) >= 11 is 0. The third kappa shape index (κ3) is 4.75. The zero-order chi connectivity index (χ0) is 20.1. The highest BCUT2D eigenvalue weighted by molar-refractivity contribution is 5.94. The molecule has 8 nitrogen and oxygen atoms in total. The summed E-state index contributed by atoms with van der Waals surface area (Å²) in [7, 11) is 1.52. The summed E-state index contributed by atoms with van der Waals surface area (Å²) in [5.41, 5.74) is 5.59. The molecule has 0 fully saturated rings. The second-order valence-corrected chi connectivity index (χ2v) is 6.37.